The van der Waals surface area contributed by atoms with Crippen molar-refractivity contribution in [3.63, 3.8) is 0 Å². The highest BCUT2D eigenvalue weighted by atomic mass is 35.5. The first-order valence-corrected chi connectivity index (χ1v) is 11.5. The van der Waals surface area contributed by atoms with Gasteiger partial charge in [0, 0.05) is 25.8 Å². The van der Waals surface area contributed by atoms with E-state index in [1.165, 1.54) is 30.9 Å². The Labute approximate surface area is 205 Å². The molecule has 0 unspecified atom stereocenters. The molecule has 0 spiro atoms. The van der Waals surface area contributed by atoms with Crippen molar-refractivity contribution in [3.05, 3.63) is 46.5 Å². The number of ether oxygens (including phenoxy) is 1. The van der Waals surface area contributed by atoms with Crippen molar-refractivity contribution >= 4 is 34.7 Å². The summed E-state index contributed by atoms with van der Waals surface area (Å²) in [5.41, 5.74) is 2.09. The molecule has 0 aliphatic heterocycles. The average molecular weight is 511 g/mol. The molecule has 0 bridgehead atoms. The first-order valence-electron chi connectivity index (χ1n) is 11.2. The van der Waals surface area contributed by atoms with Crippen LogP contribution in [-0.2, 0) is 9.53 Å². The molecule has 1 saturated carbocycles. The topological polar surface area (TPSA) is 84.6 Å². The van der Waals surface area contributed by atoms with Gasteiger partial charge < -0.3 is 15.0 Å². The Kier molecular flexibility index (Phi) is 6.92. The third-order valence-corrected chi connectivity index (χ3v) is 6.62. The molecular weight excluding hydrogens is 485 g/mol. The van der Waals surface area contributed by atoms with Crippen molar-refractivity contribution in [2.45, 2.75) is 51.4 Å². The Balaban J connectivity index is 1.67. The van der Waals surface area contributed by atoms with Crippen molar-refractivity contribution in [1.82, 2.24) is 24.5 Å². The lowest BCUT2D eigenvalue weighted by atomic mass is 9.84. The molecule has 35 heavy (non-hydrogen) atoms. The molecule has 1 aliphatic rings. The molecule has 2 aromatic heterocycles. The maximum absolute atomic E-state index is 14.1. The van der Waals surface area contributed by atoms with Gasteiger partial charge >= 0.3 is 6.18 Å². The second-order valence-electron chi connectivity index (χ2n) is 8.75. The SMILES string of the molecule is CO[C@@H](C)c1c(Nc2ccc([C@H](N(C)C(=O)C3CCC3)C(F)(F)F)c(C)c2)cnc2nc(Cl)nn12. The van der Waals surface area contributed by atoms with Crippen LogP contribution >= 0.6 is 11.6 Å². The van der Waals surface area contributed by atoms with Crippen LogP contribution in [0.25, 0.3) is 5.78 Å². The molecule has 1 amide bonds. The zero-order chi connectivity index (χ0) is 25.5. The van der Waals surface area contributed by atoms with E-state index in [-0.39, 0.29) is 22.5 Å². The minimum absolute atomic E-state index is 0.0261. The smallest absolute Gasteiger partial charge is 0.375 e. The number of anilines is 2. The minimum Gasteiger partial charge on any atom is -0.375 e. The number of fused-ring (bicyclic) bond motifs is 1. The number of nitrogens with one attached hydrogen (secondary N) is 1. The van der Waals surface area contributed by atoms with Crippen LogP contribution in [0.4, 0.5) is 24.5 Å². The number of carbonyl (C=O) groups is 1. The molecule has 1 N–H and O–H groups in total. The van der Waals surface area contributed by atoms with Crippen LogP contribution in [0.3, 0.4) is 0 Å². The van der Waals surface area contributed by atoms with Crippen molar-refractivity contribution in [2.24, 2.45) is 5.92 Å². The quantitative estimate of drug-likeness (QED) is 0.458. The summed E-state index contributed by atoms with van der Waals surface area (Å²) in [6, 6.07) is 2.53. The number of alkyl halides is 3. The molecule has 188 valence electrons. The third kappa shape index (κ3) is 4.92. The molecule has 1 fully saturated rings. The van der Waals surface area contributed by atoms with Gasteiger partial charge in [-0.15, -0.1) is 5.10 Å². The number of halogens is 4. The van der Waals surface area contributed by atoms with E-state index in [2.05, 4.69) is 20.4 Å². The predicted octanol–water partition coefficient (Wildman–Crippen LogP) is 5.40. The van der Waals surface area contributed by atoms with Gasteiger partial charge in [-0.2, -0.15) is 22.7 Å². The van der Waals surface area contributed by atoms with E-state index < -0.39 is 24.2 Å². The Morgan fingerprint density at radius 1 is 1.34 bits per heavy atom. The lowest BCUT2D eigenvalue weighted by Gasteiger charge is -2.36. The average Bonchev–Trinajstić information content (AvgIpc) is 3.12. The summed E-state index contributed by atoms with van der Waals surface area (Å²) in [6.45, 7) is 3.41. The molecular formula is C23H26ClF3N6O2. The van der Waals surface area contributed by atoms with Crippen LogP contribution in [-0.4, -0.2) is 50.7 Å². The highest BCUT2D eigenvalue weighted by Gasteiger charge is 2.47. The zero-order valence-electron chi connectivity index (χ0n) is 19.7. The molecule has 2 heterocycles. The highest BCUT2D eigenvalue weighted by molar-refractivity contribution is 6.28. The zero-order valence-corrected chi connectivity index (χ0v) is 20.5. The Morgan fingerprint density at radius 3 is 2.63 bits per heavy atom. The van der Waals surface area contributed by atoms with Crippen LogP contribution in [0.15, 0.2) is 24.4 Å². The summed E-state index contributed by atoms with van der Waals surface area (Å²) in [5.74, 6) is -0.512. The number of hydrogen-bond donors (Lipinski definition) is 1. The molecule has 1 aromatic carbocycles. The summed E-state index contributed by atoms with van der Waals surface area (Å²) in [5, 5.41) is 7.37. The first-order chi connectivity index (χ1) is 16.5. The van der Waals surface area contributed by atoms with Gasteiger partial charge in [-0.3, -0.25) is 4.79 Å². The van der Waals surface area contributed by atoms with E-state index in [4.69, 9.17) is 16.3 Å². The molecule has 0 saturated heterocycles. The molecule has 8 nitrogen and oxygen atoms in total. The van der Waals surface area contributed by atoms with Crippen LogP contribution in [0, 0.1) is 12.8 Å². The number of aryl methyl sites for hydroxylation is 1. The van der Waals surface area contributed by atoms with Crippen LogP contribution in [0.5, 0.6) is 0 Å². The largest absolute Gasteiger partial charge is 0.413 e. The fraction of sp³-hybridized carbons (Fsp3) is 0.478. The van der Waals surface area contributed by atoms with Gasteiger partial charge in [-0.1, -0.05) is 12.5 Å². The normalized spacial score (nSPS) is 16.1. The van der Waals surface area contributed by atoms with E-state index >= 15 is 0 Å². The summed E-state index contributed by atoms with van der Waals surface area (Å²) < 4.78 is 49.2. The maximum atomic E-state index is 14.1. The molecule has 0 radical (unpaired) electrons. The van der Waals surface area contributed by atoms with Gasteiger partial charge in [0.05, 0.1) is 23.7 Å². The van der Waals surface area contributed by atoms with Gasteiger partial charge in [0.2, 0.25) is 11.2 Å². The van der Waals surface area contributed by atoms with E-state index in [0.717, 1.165) is 11.3 Å². The van der Waals surface area contributed by atoms with E-state index in [1.54, 1.807) is 19.1 Å². The van der Waals surface area contributed by atoms with Crippen molar-refractivity contribution < 1.29 is 22.7 Å². The number of carbonyl (C=O) groups excluding carboxylic acids is 1. The lowest BCUT2D eigenvalue weighted by molar-refractivity contribution is -0.191. The van der Waals surface area contributed by atoms with E-state index in [1.807, 2.05) is 6.92 Å². The fourth-order valence-electron chi connectivity index (χ4n) is 4.32. The number of aromatic nitrogens is 4. The first kappa shape index (κ1) is 25.2. The van der Waals surface area contributed by atoms with Crippen LogP contribution < -0.4 is 5.32 Å². The Morgan fingerprint density at radius 2 is 2.06 bits per heavy atom. The van der Waals surface area contributed by atoms with Crippen LogP contribution in [0.1, 0.15) is 55.2 Å². The number of nitrogens with zero attached hydrogens (tertiary/aromatic N) is 5. The molecule has 4 rings (SSSR count). The molecule has 1 aliphatic carbocycles. The van der Waals surface area contributed by atoms with Gasteiger partial charge in [0.15, 0.2) is 6.04 Å². The predicted molar refractivity (Wildman–Crippen MR) is 125 cm³/mol. The van der Waals surface area contributed by atoms with Gasteiger partial charge in [0.1, 0.15) is 0 Å². The second-order valence-corrected chi connectivity index (χ2v) is 9.08. The summed E-state index contributed by atoms with van der Waals surface area (Å²) in [6.07, 6.45) is -1.36. The van der Waals surface area contributed by atoms with E-state index in [0.29, 0.717) is 35.5 Å². The summed E-state index contributed by atoms with van der Waals surface area (Å²) in [7, 11) is 2.77. The van der Waals surface area contributed by atoms with Gasteiger partial charge in [-0.25, -0.2) is 4.98 Å². The van der Waals surface area contributed by atoms with Crippen molar-refractivity contribution in [2.75, 3.05) is 19.5 Å². The standard InChI is InChI=1S/C23H26ClF3N6O2/c1-12-10-15(29-17-11-28-22-30-21(24)31-33(22)18(17)13(2)35-4)8-9-16(12)19(23(25,26)27)32(3)20(34)14-6-5-7-14/h8-11,13-14,19,29H,5-7H2,1-4H3/t13-,19-/m0/s1. The van der Waals surface area contributed by atoms with Gasteiger partial charge in [-0.05, 0) is 61.5 Å². The molecule has 12 heteroatoms. The Bertz CT molecular complexity index is 1240. The number of rotatable bonds is 7. The fourth-order valence-corrected chi connectivity index (χ4v) is 4.47. The Hall–Kier alpha value is -2.92. The summed E-state index contributed by atoms with van der Waals surface area (Å²) >= 11 is 5.94. The van der Waals surface area contributed by atoms with Crippen LogP contribution in [0.2, 0.25) is 5.28 Å². The number of hydrogen-bond acceptors (Lipinski definition) is 6. The lowest BCUT2D eigenvalue weighted by Crippen LogP contribution is -2.44. The molecule has 2 atom stereocenters. The number of benzene rings is 1. The second kappa shape index (κ2) is 9.62. The monoisotopic (exact) mass is 510 g/mol. The molecule has 3 aromatic rings. The number of amides is 1. The van der Waals surface area contributed by atoms with Crippen molar-refractivity contribution in [1.29, 1.82) is 0 Å². The highest BCUT2D eigenvalue weighted by Crippen LogP contribution is 2.41. The number of methoxy groups -OCH3 is 1. The third-order valence-electron chi connectivity index (χ3n) is 6.46. The minimum atomic E-state index is -4.61. The summed E-state index contributed by atoms with van der Waals surface area (Å²) in [4.78, 5) is 21.7. The van der Waals surface area contributed by atoms with Crippen molar-refractivity contribution in [3.8, 4) is 0 Å². The maximum Gasteiger partial charge on any atom is 0.413 e. The van der Waals surface area contributed by atoms with Gasteiger partial charge in [0.25, 0.3) is 5.78 Å². The van der Waals surface area contributed by atoms with E-state index in [9.17, 15) is 18.0 Å².